The van der Waals surface area contributed by atoms with Gasteiger partial charge < -0.3 is 5.73 Å². The van der Waals surface area contributed by atoms with Crippen LogP contribution < -0.4 is 5.73 Å². The topological polar surface area (TPSA) is 78.6 Å². The standard InChI is InChI=1S/C9H14N4/c10-9(11)6-2-1-3-7-5-12-13-8(7)4-6/h5-6H,1-4H2,(H3,10,11)(H,12,13)/t6-/m1/s1. The number of nitrogens with two attached hydrogens (primary N) is 1. The van der Waals surface area contributed by atoms with Crippen LogP contribution in [0.25, 0.3) is 0 Å². The Hall–Kier alpha value is -1.32. The normalized spacial score (nSPS) is 22.0. The van der Waals surface area contributed by atoms with E-state index >= 15 is 0 Å². The largest absolute Gasteiger partial charge is 0.387 e. The van der Waals surface area contributed by atoms with E-state index in [1.54, 1.807) is 0 Å². The number of nitrogens with zero attached hydrogens (tertiary/aromatic N) is 1. The average molecular weight is 178 g/mol. The van der Waals surface area contributed by atoms with E-state index < -0.39 is 0 Å². The smallest absolute Gasteiger partial charge is 0.0940 e. The fraction of sp³-hybridized carbons (Fsp3) is 0.556. The van der Waals surface area contributed by atoms with Gasteiger partial charge in [0.15, 0.2) is 0 Å². The summed E-state index contributed by atoms with van der Waals surface area (Å²) in [6.07, 6.45) is 5.94. The molecule has 0 radical (unpaired) electrons. The number of aromatic nitrogens is 2. The van der Waals surface area contributed by atoms with Crippen LogP contribution >= 0.6 is 0 Å². The van der Waals surface area contributed by atoms with Crippen LogP contribution in [0.3, 0.4) is 0 Å². The summed E-state index contributed by atoms with van der Waals surface area (Å²) in [4.78, 5) is 0. The van der Waals surface area contributed by atoms with Crippen LogP contribution in [-0.4, -0.2) is 16.0 Å². The molecule has 1 heterocycles. The lowest BCUT2D eigenvalue weighted by atomic mass is 9.99. The molecule has 0 spiro atoms. The molecule has 0 aromatic carbocycles. The number of fused-ring (bicyclic) bond motifs is 1. The maximum absolute atomic E-state index is 7.42. The molecular formula is C9H14N4. The van der Waals surface area contributed by atoms with Gasteiger partial charge in [-0.2, -0.15) is 5.10 Å². The predicted octanol–water partition coefficient (Wildman–Crippen LogP) is 0.841. The van der Waals surface area contributed by atoms with E-state index in [1.807, 2.05) is 6.20 Å². The highest BCUT2D eigenvalue weighted by atomic mass is 15.1. The lowest BCUT2D eigenvalue weighted by Gasteiger charge is -2.10. The summed E-state index contributed by atoms with van der Waals surface area (Å²) in [5, 5.41) is 14.4. The molecule has 13 heavy (non-hydrogen) atoms. The zero-order valence-corrected chi connectivity index (χ0v) is 7.51. The van der Waals surface area contributed by atoms with E-state index in [-0.39, 0.29) is 5.92 Å². The molecule has 0 unspecified atom stereocenters. The molecule has 1 aromatic heterocycles. The summed E-state index contributed by atoms with van der Waals surface area (Å²) in [5.74, 6) is 0.518. The van der Waals surface area contributed by atoms with Crippen molar-refractivity contribution in [3.63, 3.8) is 0 Å². The number of hydrogen-bond donors (Lipinski definition) is 3. The molecule has 1 aliphatic carbocycles. The third kappa shape index (κ3) is 1.56. The van der Waals surface area contributed by atoms with Gasteiger partial charge in [-0.15, -0.1) is 0 Å². The van der Waals surface area contributed by atoms with Crippen LogP contribution in [0.1, 0.15) is 24.1 Å². The number of hydrogen-bond acceptors (Lipinski definition) is 2. The number of aromatic amines is 1. The van der Waals surface area contributed by atoms with E-state index in [1.165, 1.54) is 5.56 Å². The Bertz CT molecular complexity index is 315. The van der Waals surface area contributed by atoms with Gasteiger partial charge in [-0.25, -0.2) is 0 Å². The summed E-state index contributed by atoms with van der Waals surface area (Å²) in [6.45, 7) is 0. The van der Waals surface area contributed by atoms with Crippen LogP contribution in [0.15, 0.2) is 6.20 Å². The van der Waals surface area contributed by atoms with Crippen LogP contribution in [0, 0.1) is 11.3 Å². The number of aryl methyl sites for hydroxylation is 1. The number of H-pyrrole nitrogens is 1. The molecule has 0 amide bonds. The third-order valence-electron chi connectivity index (χ3n) is 2.70. The zero-order valence-electron chi connectivity index (χ0n) is 7.51. The minimum absolute atomic E-state index is 0.210. The molecule has 2 rings (SSSR count). The highest BCUT2D eigenvalue weighted by Crippen LogP contribution is 2.22. The van der Waals surface area contributed by atoms with Gasteiger partial charge in [-0.1, -0.05) is 0 Å². The molecular weight excluding hydrogens is 164 g/mol. The van der Waals surface area contributed by atoms with Crippen molar-refractivity contribution >= 4 is 5.84 Å². The second-order valence-corrected chi connectivity index (χ2v) is 3.62. The Morgan fingerprint density at radius 2 is 2.54 bits per heavy atom. The molecule has 4 nitrogen and oxygen atoms in total. The lowest BCUT2D eigenvalue weighted by Crippen LogP contribution is -2.23. The van der Waals surface area contributed by atoms with Gasteiger partial charge in [0.05, 0.1) is 12.0 Å². The quantitative estimate of drug-likeness (QED) is 0.338. The molecule has 1 atom stereocenters. The molecule has 0 saturated carbocycles. The van der Waals surface area contributed by atoms with Gasteiger partial charge in [-0.05, 0) is 31.2 Å². The van der Waals surface area contributed by atoms with Crippen molar-refractivity contribution in [1.82, 2.24) is 10.2 Å². The number of nitrogens with one attached hydrogen (secondary N) is 2. The van der Waals surface area contributed by atoms with E-state index in [0.717, 1.165) is 31.4 Å². The Morgan fingerprint density at radius 1 is 1.69 bits per heavy atom. The molecule has 0 aliphatic heterocycles. The first-order valence-corrected chi connectivity index (χ1v) is 4.62. The van der Waals surface area contributed by atoms with E-state index in [4.69, 9.17) is 11.1 Å². The van der Waals surface area contributed by atoms with Crippen molar-refractivity contribution in [1.29, 1.82) is 5.41 Å². The first kappa shape index (κ1) is 8.29. The fourth-order valence-corrected chi connectivity index (χ4v) is 1.88. The monoisotopic (exact) mass is 178 g/mol. The van der Waals surface area contributed by atoms with E-state index in [2.05, 4.69) is 10.2 Å². The Labute approximate surface area is 77.0 Å². The van der Waals surface area contributed by atoms with Crippen molar-refractivity contribution in [2.75, 3.05) is 0 Å². The molecule has 0 saturated heterocycles. The van der Waals surface area contributed by atoms with Gasteiger partial charge in [0, 0.05) is 11.6 Å². The highest BCUT2D eigenvalue weighted by molar-refractivity contribution is 5.79. The maximum Gasteiger partial charge on any atom is 0.0940 e. The second kappa shape index (κ2) is 3.20. The Balaban J connectivity index is 2.21. The Morgan fingerprint density at radius 3 is 3.31 bits per heavy atom. The SMILES string of the molecule is N=C(N)[C@@H]1CCCc2cn[nH]c2C1. The van der Waals surface area contributed by atoms with Crippen molar-refractivity contribution < 1.29 is 0 Å². The summed E-state index contributed by atoms with van der Waals surface area (Å²) in [7, 11) is 0. The molecule has 1 aromatic rings. The van der Waals surface area contributed by atoms with Crippen LogP contribution in [0.5, 0.6) is 0 Å². The second-order valence-electron chi connectivity index (χ2n) is 3.62. The minimum atomic E-state index is 0.210. The van der Waals surface area contributed by atoms with Crippen molar-refractivity contribution in [2.24, 2.45) is 11.7 Å². The summed E-state index contributed by atoms with van der Waals surface area (Å²) in [6, 6.07) is 0. The fourth-order valence-electron chi connectivity index (χ4n) is 1.88. The van der Waals surface area contributed by atoms with Crippen LogP contribution in [-0.2, 0) is 12.8 Å². The molecule has 0 fully saturated rings. The molecule has 0 bridgehead atoms. The summed E-state index contributed by atoms with van der Waals surface area (Å²) in [5.41, 5.74) is 7.97. The molecule has 4 N–H and O–H groups in total. The number of amidine groups is 1. The van der Waals surface area contributed by atoms with Crippen molar-refractivity contribution in [3.05, 3.63) is 17.5 Å². The first-order valence-electron chi connectivity index (χ1n) is 4.62. The molecule has 1 aliphatic rings. The Kier molecular flexibility index (Phi) is 2.04. The highest BCUT2D eigenvalue weighted by Gasteiger charge is 2.19. The third-order valence-corrected chi connectivity index (χ3v) is 2.70. The van der Waals surface area contributed by atoms with Gasteiger partial charge >= 0.3 is 0 Å². The van der Waals surface area contributed by atoms with E-state index in [0.29, 0.717) is 5.84 Å². The van der Waals surface area contributed by atoms with Gasteiger partial charge in [0.1, 0.15) is 0 Å². The average Bonchev–Trinajstić information content (AvgIpc) is 2.42. The van der Waals surface area contributed by atoms with Crippen molar-refractivity contribution in [2.45, 2.75) is 25.7 Å². The minimum Gasteiger partial charge on any atom is -0.387 e. The van der Waals surface area contributed by atoms with Crippen LogP contribution in [0.2, 0.25) is 0 Å². The molecule has 70 valence electrons. The van der Waals surface area contributed by atoms with Gasteiger partial charge in [-0.3, -0.25) is 10.5 Å². The lowest BCUT2D eigenvalue weighted by molar-refractivity contribution is 0.597. The van der Waals surface area contributed by atoms with E-state index in [9.17, 15) is 0 Å². The summed E-state index contributed by atoms with van der Waals surface area (Å²) >= 11 is 0. The first-order chi connectivity index (χ1) is 6.27. The van der Waals surface area contributed by atoms with Crippen molar-refractivity contribution in [3.8, 4) is 0 Å². The number of rotatable bonds is 1. The zero-order chi connectivity index (χ0) is 9.26. The molecule has 4 heteroatoms. The predicted molar refractivity (Wildman–Crippen MR) is 50.6 cm³/mol. The maximum atomic E-state index is 7.42. The summed E-state index contributed by atoms with van der Waals surface area (Å²) < 4.78 is 0. The van der Waals surface area contributed by atoms with Crippen LogP contribution in [0.4, 0.5) is 0 Å². The van der Waals surface area contributed by atoms with Gasteiger partial charge in [0.2, 0.25) is 0 Å². The van der Waals surface area contributed by atoms with Gasteiger partial charge in [0.25, 0.3) is 0 Å².